The van der Waals surface area contributed by atoms with Gasteiger partial charge >= 0.3 is 0 Å². The van der Waals surface area contributed by atoms with Gasteiger partial charge in [-0.3, -0.25) is 0 Å². The first-order valence-corrected chi connectivity index (χ1v) is 8.27. The molecular formula is C17H25NS. The Balaban J connectivity index is 1.93. The van der Waals surface area contributed by atoms with E-state index in [2.05, 4.69) is 44.4 Å². The molecule has 1 aliphatic carbocycles. The second-order valence-electron chi connectivity index (χ2n) is 7.11. The zero-order chi connectivity index (χ0) is 13.9. The van der Waals surface area contributed by atoms with Crippen LogP contribution < -0.4 is 0 Å². The van der Waals surface area contributed by atoms with Crippen LogP contribution >= 0.6 is 11.3 Å². The van der Waals surface area contributed by atoms with Crippen molar-refractivity contribution in [1.82, 2.24) is 0 Å². The smallest absolute Gasteiger partial charge is 0.0689 e. The van der Waals surface area contributed by atoms with Gasteiger partial charge in [0.25, 0.3) is 0 Å². The predicted octanol–water partition coefficient (Wildman–Crippen LogP) is 5.43. The molecule has 1 aromatic rings. The summed E-state index contributed by atoms with van der Waals surface area (Å²) in [4.78, 5) is 1.42. The first-order chi connectivity index (χ1) is 8.95. The Hall–Kier alpha value is -0.810. The Morgan fingerprint density at radius 1 is 1.37 bits per heavy atom. The first-order valence-electron chi connectivity index (χ1n) is 7.39. The van der Waals surface area contributed by atoms with Gasteiger partial charge in [-0.25, -0.2) is 0 Å². The third-order valence-electron chi connectivity index (χ3n) is 4.83. The minimum absolute atomic E-state index is 0.0499. The van der Waals surface area contributed by atoms with E-state index >= 15 is 0 Å². The zero-order valence-corrected chi connectivity index (χ0v) is 13.2. The average molecular weight is 275 g/mol. The lowest BCUT2D eigenvalue weighted by atomic mass is 9.63. The molecule has 0 aromatic carbocycles. The Labute approximate surface area is 121 Å². The number of hydrogen-bond donors (Lipinski definition) is 0. The van der Waals surface area contributed by atoms with Crippen LogP contribution in [0.15, 0.2) is 17.5 Å². The van der Waals surface area contributed by atoms with Crippen molar-refractivity contribution < 1.29 is 0 Å². The molecule has 0 N–H and O–H groups in total. The quantitative estimate of drug-likeness (QED) is 0.722. The highest BCUT2D eigenvalue weighted by atomic mass is 32.1. The summed E-state index contributed by atoms with van der Waals surface area (Å²) in [6.07, 6.45) is 6.75. The van der Waals surface area contributed by atoms with Gasteiger partial charge in [-0.15, -0.1) is 11.3 Å². The van der Waals surface area contributed by atoms with Crippen LogP contribution in [-0.4, -0.2) is 0 Å². The van der Waals surface area contributed by atoms with E-state index in [1.165, 1.54) is 17.7 Å². The van der Waals surface area contributed by atoms with E-state index in [1.807, 2.05) is 11.3 Å². The topological polar surface area (TPSA) is 23.8 Å². The van der Waals surface area contributed by atoms with Crippen molar-refractivity contribution in [3.05, 3.63) is 22.4 Å². The van der Waals surface area contributed by atoms with Crippen LogP contribution in [0.3, 0.4) is 0 Å². The van der Waals surface area contributed by atoms with Gasteiger partial charge in [0.1, 0.15) is 0 Å². The highest BCUT2D eigenvalue weighted by Crippen LogP contribution is 2.47. The van der Waals surface area contributed by atoms with Gasteiger partial charge in [0.15, 0.2) is 0 Å². The Kier molecular flexibility index (Phi) is 4.36. The minimum atomic E-state index is -0.0499. The summed E-state index contributed by atoms with van der Waals surface area (Å²) < 4.78 is 0. The second-order valence-corrected chi connectivity index (χ2v) is 8.14. The fourth-order valence-corrected chi connectivity index (χ4v) is 3.98. The highest BCUT2D eigenvalue weighted by molar-refractivity contribution is 7.09. The molecule has 0 aliphatic heterocycles. The maximum atomic E-state index is 9.61. The summed E-state index contributed by atoms with van der Waals surface area (Å²) >= 11 is 1.82. The normalized spacial score (nSPS) is 28.0. The summed E-state index contributed by atoms with van der Waals surface area (Å²) in [6, 6.07) is 6.95. The van der Waals surface area contributed by atoms with Gasteiger partial charge in [-0.2, -0.15) is 5.26 Å². The van der Waals surface area contributed by atoms with E-state index in [0.29, 0.717) is 5.41 Å². The molecule has 0 atom stereocenters. The molecule has 0 bridgehead atoms. The third-order valence-corrected chi connectivity index (χ3v) is 5.77. The molecule has 0 unspecified atom stereocenters. The van der Waals surface area contributed by atoms with E-state index in [-0.39, 0.29) is 5.41 Å². The van der Waals surface area contributed by atoms with E-state index in [0.717, 1.165) is 31.6 Å². The number of rotatable bonds is 3. The zero-order valence-electron chi connectivity index (χ0n) is 12.4. The molecule has 0 spiro atoms. The summed E-state index contributed by atoms with van der Waals surface area (Å²) in [5, 5.41) is 11.7. The van der Waals surface area contributed by atoms with Crippen LogP contribution in [0.1, 0.15) is 57.8 Å². The molecule has 1 nitrogen and oxygen atoms in total. The molecule has 104 valence electrons. The molecular weight excluding hydrogens is 250 g/mol. The minimum Gasteiger partial charge on any atom is -0.198 e. The lowest BCUT2D eigenvalue weighted by Crippen LogP contribution is -2.32. The lowest BCUT2D eigenvalue weighted by Gasteiger charge is -2.40. The Morgan fingerprint density at radius 3 is 2.53 bits per heavy atom. The van der Waals surface area contributed by atoms with Gasteiger partial charge in [-0.1, -0.05) is 26.8 Å². The summed E-state index contributed by atoms with van der Waals surface area (Å²) in [7, 11) is 0. The number of thiophene rings is 1. The summed E-state index contributed by atoms with van der Waals surface area (Å²) in [6.45, 7) is 7.01. The second kappa shape index (κ2) is 5.67. The van der Waals surface area contributed by atoms with Gasteiger partial charge in [0.05, 0.1) is 11.5 Å². The maximum Gasteiger partial charge on any atom is 0.0689 e. The standard InChI is InChI=1S/C17H25NS/c1-16(2,3)14-6-9-17(13-18,10-7-14)11-8-15-5-4-12-19-15/h4-5,12,14H,6-11H2,1-3H3. The van der Waals surface area contributed by atoms with Crippen molar-refractivity contribution in [1.29, 1.82) is 5.26 Å². The number of nitriles is 1. The molecule has 19 heavy (non-hydrogen) atoms. The molecule has 0 radical (unpaired) electrons. The van der Waals surface area contributed by atoms with Crippen molar-refractivity contribution >= 4 is 11.3 Å². The Morgan fingerprint density at radius 2 is 2.05 bits per heavy atom. The summed E-state index contributed by atoms with van der Waals surface area (Å²) in [5.41, 5.74) is 0.348. The lowest BCUT2D eigenvalue weighted by molar-refractivity contribution is 0.116. The molecule has 1 aliphatic rings. The molecule has 2 rings (SSSR count). The van der Waals surface area contributed by atoms with Crippen LogP contribution in [0.5, 0.6) is 0 Å². The van der Waals surface area contributed by atoms with Crippen molar-refractivity contribution in [3.63, 3.8) is 0 Å². The Bertz CT molecular complexity index is 425. The molecule has 1 fully saturated rings. The molecule has 1 aromatic heterocycles. The highest BCUT2D eigenvalue weighted by Gasteiger charge is 2.38. The van der Waals surface area contributed by atoms with Gasteiger partial charge < -0.3 is 0 Å². The number of aryl methyl sites for hydroxylation is 1. The van der Waals surface area contributed by atoms with E-state index < -0.39 is 0 Å². The molecule has 2 heteroatoms. The fraction of sp³-hybridized carbons (Fsp3) is 0.706. The SMILES string of the molecule is CC(C)(C)C1CCC(C#N)(CCc2cccs2)CC1. The molecule has 0 saturated heterocycles. The van der Waals surface area contributed by atoms with Crippen molar-refractivity contribution in [2.75, 3.05) is 0 Å². The van der Waals surface area contributed by atoms with Crippen LogP contribution in [-0.2, 0) is 6.42 Å². The van der Waals surface area contributed by atoms with Gasteiger partial charge in [-0.05, 0) is 61.3 Å². The van der Waals surface area contributed by atoms with Crippen molar-refractivity contribution in [3.8, 4) is 6.07 Å². The van der Waals surface area contributed by atoms with E-state index in [4.69, 9.17) is 0 Å². The molecule has 1 heterocycles. The van der Waals surface area contributed by atoms with Gasteiger partial charge in [0, 0.05) is 4.88 Å². The van der Waals surface area contributed by atoms with E-state index in [9.17, 15) is 5.26 Å². The van der Waals surface area contributed by atoms with Crippen LogP contribution in [0.2, 0.25) is 0 Å². The molecule has 1 saturated carbocycles. The van der Waals surface area contributed by atoms with E-state index in [1.54, 1.807) is 0 Å². The number of hydrogen-bond acceptors (Lipinski definition) is 2. The van der Waals surface area contributed by atoms with Crippen LogP contribution in [0, 0.1) is 28.1 Å². The van der Waals surface area contributed by atoms with Crippen LogP contribution in [0.25, 0.3) is 0 Å². The van der Waals surface area contributed by atoms with Crippen molar-refractivity contribution in [2.24, 2.45) is 16.7 Å². The monoisotopic (exact) mass is 275 g/mol. The fourth-order valence-electron chi connectivity index (χ4n) is 3.27. The third kappa shape index (κ3) is 3.60. The molecule has 0 amide bonds. The largest absolute Gasteiger partial charge is 0.198 e. The first kappa shape index (κ1) is 14.6. The van der Waals surface area contributed by atoms with Crippen LogP contribution in [0.4, 0.5) is 0 Å². The maximum absolute atomic E-state index is 9.61. The average Bonchev–Trinajstić information content (AvgIpc) is 2.89. The van der Waals surface area contributed by atoms with Gasteiger partial charge in [0.2, 0.25) is 0 Å². The summed E-state index contributed by atoms with van der Waals surface area (Å²) in [5.74, 6) is 0.788. The predicted molar refractivity (Wildman–Crippen MR) is 82.1 cm³/mol. The van der Waals surface area contributed by atoms with Crippen molar-refractivity contribution in [2.45, 2.75) is 59.3 Å². The number of nitrogens with zero attached hydrogens (tertiary/aromatic N) is 1.